The maximum atomic E-state index is 13.8. The topological polar surface area (TPSA) is 181 Å². The van der Waals surface area contributed by atoms with Gasteiger partial charge in [-0.05, 0) is 43.9 Å². The molecule has 0 unspecified atom stereocenters. The standard InChI is InChI=1S/C30H33ClF5N9O3.CH2O2/c1-42(18-5-7-44(8-6-18)28(48)40-17-9-15(37)10-17)27(47)19-4-3-16(11-21(19)31)39-26(46)25-38-13-22(43(25)2)20-14-45(23-12-29(23,32)33)41-24(20)30(34,35)36;2-1-3/h3-4,11,13-15,17-18,23H,5-10,12,37H2,1-2H3,(H,39,46)(H,40,48);1H,(H,2,3)/t15?,17?,23-;/m1./s1. The van der Waals surface area contributed by atoms with Gasteiger partial charge in [-0.1, -0.05) is 11.6 Å². The van der Waals surface area contributed by atoms with Crippen molar-refractivity contribution in [2.45, 2.75) is 68.4 Å². The number of anilines is 1. The van der Waals surface area contributed by atoms with Gasteiger partial charge in [0.2, 0.25) is 0 Å². The van der Waals surface area contributed by atoms with Crippen LogP contribution >= 0.6 is 11.6 Å². The molecule has 2 saturated carbocycles. The lowest BCUT2D eigenvalue weighted by atomic mass is 9.88. The van der Waals surface area contributed by atoms with Crippen LogP contribution in [0.15, 0.2) is 30.6 Å². The van der Waals surface area contributed by atoms with Crippen molar-refractivity contribution in [3.8, 4) is 11.3 Å². The third-order valence-corrected chi connectivity index (χ3v) is 9.47. The molecule has 0 radical (unpaired) electrons. The Bertz CT molecular complexity index is 1800. The Kier molecular flexibility index (Phi) is 10.6. The number of nitrogens with zero attached hydrogens (tertiary/aromatic N) is 6. The molecule has 14 nitrogen and oxygen atoms in total. The molecule has 1 aromatic carbocycles. The second-order valence-electron chi connectivity index (χ2n) is 12.6. The fourth-order valence-electron chi connectivity index (χ4n) is 6.12. The summed E-state index contributed by atoms with van der Waals surface area (Å²) in [6.07, 6.45) is -0.969. The van der Waals surface area contributed by atoms with Gasteiger partial charge in [-0.25, -0.2) is 18.6 Å². The number of likely N-dealkylation sites (tertiary alicyclic amines) is 1. The number of carboxylic acid groups (broad SMARTS) is 1. The van der Waals surface area contributed by atoms with Gasteiger partial charge in [0.25, 0.3) is 24.2 Å². The third-order valence-electron chi connectivity index (χ3n) is 9.16. The molecule has 5 N–H and O–H groups in total. The zero-order valence-electron chi connectivity index (χ0n) is 27.3. The molecule has 276 valence electrons. The van der Waals surface area contributed by atoms with Gasteiger partial charge in [-0.15, -0.1) is 0 Å². The number of hydrogen-bond donors (Lipinski definition) is 4. The number of imidazole rings is 1. The first-order valence-corrected chi connectivity index (χ1v) is 16.2. The van der Waals surface area contributed by atoms with E-state index in [0.717, 1.165) is 29.8 Å². The summed E-state index contributed by atoms with van der Waals surface area (Å²) in [5.41, 5.74) is 4.15. The van der Waals surface area contributed by atoms with E-state index in [2.05, 4.69) is 20.7 Å². The second kappa shape index (κ2) is 14.5. The zero-order valence-corrected chi connectivity index (χ0v) is 28.1. The molecule has 1 atom stereocenters. The van der Waals surface area contributed by atoms with Crippen LogP contribution in [0, 0.1) is 0 Å². The number of amides is 4. The Morgan fingerprint density at radius 3 is 2.35 bits per heavy atom. The molecule has 1 saturated heterocycles. The van der Waals surface area contributed by atoms with E-state index in [-0.39, 0.29) is 64.3 Å². The normalized spacial score (nSPS) is 21.1. The summed E-state index contributed by atoms with van der Waals surface area (Å²) in [6.45, 7) is 0.716. The largest absolute Gasteiger partial charge is 0.483 e. The number of nitrogens with two attached hydrogens (primary N) is 1. The van der Waals surface area contributed by atoms with Crippen LogP contribution < -0.4 is 16.4 Å². The number of carbonyl (C=O) groups is 4. The Hall–Kier alpha value is -4.78. The summed E-state index contributed by atoms with van der Waals surface area (Å²) >= 11 is 6.45. The first-order valence-electron chi connectivity index (χ1n) is 15.8. The van der Waals surface area contributed by atoms with E-state index in [1.54, 1.807) is 16.8 Å². The predicted molar refractivity (Wildman–Crippen MR) is 172 cm³/mol. The zero-order chi connectivity index (χ0) is 37.4. The van der Waals surface area contributed by atoms with Crippen molar-refractivity contribution >= 4 is 41.6 Å². The highest BCUT2D eigenvalue weighted by atomic mass is 35.5. The van der Waals surface area contributed by atoms with Gasteiger partial charge in [-0.3, -0.25) is 19.1 Å². The molecule has 3 heterocycles. The fourth-order valence-corrected chi connectivity index (χ4v) is 6.38. The fraction of sp³-hybridized carbons (Fsp3) is 0.484. The number of rotatable bonds is 7. The summed E-state index contributed by atoms with van der Waals surface area (Å²) in [5, 5.41) is 15.9. The number of aromatic nitrogens is 4. The molecule has 3 aromatic rings. The Morgan fingerprint density at radius 1 is 1.18 bits per heavy atom. The van der Waals surface area contributed by atoms with Crippen LogP contribution in [0.2, 0.25) is 5.02 Å². The molecular formula is C31H35ClF5N9O5. The molecule has 20 heteroatoms. The summed E-state index contributed by atoms with van der Waals surface area (Å²) in [4.78, 5) is 54.6. The SMILES string of the molecule is CN(C(=O)c1ccc(NC(=O)c2ncc(-c3cn([C@@H]4CC4(F)F)nc3C(F)(F)F)n2C)cc1Cl)C1CCN(C(=O)NC2CC(N)C2)CC1.O=CO. The van der Waals surface area contributed by atoms with Crippen molar-refractivity contribution in [1.82, 2.24) is 34.4 Å². The van der Waals surface area contributed by atoms with E-state index < -0.39 is 41.7 Å². The van der Waals surface area contributed by atoms with Crippen molar-refractivity contribution in [3.05, 3.63) is 52.7 Å². The van der Waals surface area contributed by atoms with Gasteiger partial charge in [0.1, 0.15) is 6.04 Å². The minimum Gasteiger partial charge on any atom is -0.483 e. The molecule has 51 heavy (non-hydrogen) atoms. The number of urea groups is 1. The summed E-state index contributed by atoms with van der Waals surface area (Å²) in [7, 11) is 2.97. The smallest absolute Gasteiger partial charge is 0.435 e. The van der Waals surface area contributed by atoms with Crippen LogP contribution in [-0.4, -0.2) is 103 Å². The quantitative estimate of drug-likeness (QED) is 0.205. The first-order chi connectivity index (χ1) is 23.9. The molecule has 3 fully saturated rings. The van der Waals surface area contributed by atoms with Crippen molar-refractivity contribution in [2.75, 3.05) is 25.5 Å². The molecule has 1 aliphatic heterocycles. The van der Waals surface area contributed by atoms with Gasteiger partial charge in [0.15, 0.2) is 11.5 Å². The lowest BCUT2D eigenvalue weighted by Crippen LogP contribution is -2.56. The highest BCUT2D eigenvalue weighted by Crippen LogP contribution is 2.53. The molecular weight excluding hydrogens is 709 g/mol. The maximum Gasteiger partial charge on any atom is 0.435 e. The van der Waals surface area contributed by atoms with Crippen LogP contribution in [-0.2, 0) is 18.0 Å². The Morgan fingerprint density at radius 2 is 1.80 bits per heavy atom. The van der Waals surface area contributed by atoms with Crippen molar-refractivity contribution < 1.29 is 46.2 Å². The Labute approximate surface area is 292 Å². The highest BCUT2D eigenvalue weighted by molar-refractivity contribution is 6.34. The molecule has 0 bridgehead atoms. The molecule has 2 aromatic heterocycles. The monoisotopic (exact) mass is 743 g/mol. The lowest BCUT2D eigenvalue weighted by molar-refractivity contribution is -0.141. The maximum absolute atomic E-state index is 13.8. The number of halogens is 6. The number of benzene rings is 1. The average Bonchev–Trinajstić information content (AvgIpc) is 3.34. The number of hydrogen-bond acceptors (Lipinski definition) is 7. The van der Waals surface area contributed by atoms with E-state index in [9.17, 15) is 36.3 Å². The number of carbonyl (C=O) groups excluding carboxylic acids is 3. The summed E-state index contributed by atoms with van der Waals surface area (Å²) in [6, 6.07) is 2.75. The van der Waals surface area contributed by atoms with Gasteiger partial charge >= 0.3 is 12.2 Å². The van der Waals surface area contributed by atoms with Gasteiger partial charge in [-0.2, -0.15) is 18.3 Å². The van der Waals surface area contributed by atoms with Gasteiger partial charge in [0, 0.05) is 63.6 Å². The lowest BCUT2D eigenvalue weighted by Gasteiger charge is -2.39. The summed E-state index contributed by atoms with van der Waals surface area (Å²) < 4.78 is 70.1. The van der Waals surface area contributed by atoms with Crippen LogP contribution in [0.4, 0.5) is 32.4 Å². The van der Waals surface area contributed by atoms with Gasteiger partial charge in [0.05, 0.1) is 28.0 Å². The summed E-state index contributed by atoms with van der Waals surface area (Å²) in [5.74, 6) is -4.55. The van der Waals surface area contributed by atoms with Crippen LogP contribution in [0.5, 0.6) is 0 Å². The molecule has 6 rings (SSSR count). The van der Waals surface area contributed by atoms with E-state index in [1.807, 2.05) is 0 Å². The van der Waals surface area contributed by atoms with Crippen LogP contribution in [0.3, 0.4) is 0 Å². The van der Waals surface area contributed by atoms with Gasteiger partial charge < -0.3 is 35.8 Å². The number of piperidine rings is 1. The van der Waals surface area contributed by atoms with Crippen molar-refractivity contribution in [1.29, 1.82) is 0 Å². The van der Waals surface area contributed by atoms with E-state index in [4.69, 9.17) is 27.2 Å². The second-order valence-corrected chi connectivity index (χ2v) is 13.0. The number of alkyl halides is 5. The minimum atomic E-state index is -4.94. The van der Waals surface area contributed by atoms with Crippen molar-refractivity contribution in [2.24, 2.45) is 12.8 Å². The van der Waals surface area contributed by atoms with Crippen molar-refractivity contribution in [3.63, 3.8) is 0 Å². The first kappa shape index (κ1) is 37.5. The van der Waals surface area contributed by atoms with E-state index in [0.29, 0.717) is 30.6 Å². The Balaban J connectivity index is 0.00000162. The highest BCUT2D eigenvalue weighted by Gasteiger charge is 2.59. The molecule has 2 aliphatic carbocycles. The molecule has 0 spiro atoms. The number of nitrogens with one attached hydrogen (secondary N) is 2. The predicted octanol–water partition coefficient (Wildman–Crippen LogP) is 4.22. The van der Waals surface area contributed by atoms with E-state index >= 15 is 0 Å². The molecule has 4 amide bonds. The van der Waals surface area contributed by atoms with Crippen LogP contribution in [0.1, 0.15) is 64.8 Å². The average molecular weight is 744 g/mol. The van der Waals surface area contributed by atoms with Crippen LogP contribution in [0.25, 0.3) is 11.3 Å². The molecule has 3 aliphatic rings. The van der Waals surface area contributed by atoms with E-state index in [1.165, 1.54) is 25.2 Å². The minimum absolute atomic E-state index is 0.0554. The third kappa shape index (κ3) is 8.08.